The molecule has 0 bridgehead atoms. The van der Waals surface area contributed by atoms with Crippen molar-refractivity contribution >= 4 is 17.4 Å². The highest BCUT2D eigenvalue weighted by atomic mass is 19.1. The lowest BCUT2D eigenvalue weighted by Gasteiger charge is -2.33. The second-order valence-corrected chi connectivity index (χ2v) is 7.55. The number of benzene rings is 2. The van der Waals surface area contributed by atoms with Gasteiger partial charge in [-0.1, -0.05) is 24.3 Å². The molecule has 0 saturated carbocycles. The summed E-state index contributed by atoms with van der Waals surface area (Å²) in [4.78, 5) is 24.0. The summed E-state index contributed by atoms with van der Waals surface area (Å²) in [5.74, 6) is 0.490. The third-order valence-corrected chi connectivity index (χ3v) is 5.38. The Hall–Kier alpha value is -3.25. The number of aromatic nitrogens is 1. The predicted molar refractivity (Wildman–Crippen MR) is 117 cm³/mol. The van der Waals surface area contributed by atoms with Crippen molar-refractivity contribution in [1.29, 1.82) is 0 Å². The van der Waals surface area contributed by atoms with Crippen molar-refractivity contribution in [3.8, 4) is 0 Å². The number of carbonyl (C=O) groups is 1. The van der Waals surface area contributed by atoms with Crippen LogP contribution in [-0.4, -0.2) is 49.0 Å². The highest BCUT2D eigenvalue weighted by Gasteiger charge is 2.19. The minimum atomic E-state index is -0.330. The van der Waals surface area contributed by atoms with Gasteiger partial charge in [0.1, 0.15) is 11.6 Å². The molecule has 30 heavy (non-hydrogen) atoms. The second kappa shape index (κ2) is 9.05. The quantitative estimate of drug-likeness (QED) is 0.648. The average molecular weight is 404 g/mol. The predicted octanol–water partition coefficient (Wildman–Crippen LogP) is 3.82. The molecule has 4 rings (SSSR count). The van der Waals surface area contributed by atoms with Gasteiger partial charge < -0.3 is 14.7 Å². The van der Waals surface area contributed by atoms with Crippen LogP contribution in [0.4, 0.5) is 15.9 Å². The summed E-state index contributed by atoms with van der Waals surface area (Å²) in [6.07, 6.45) is 1.82. The van der Waals surface area contributed by atoms with Crippen LogP contribution >= 0.6 is 0 Å². The van der Waals surface area contributed by atoms with Gasteiger partial charge >= 0.3 is 0 Å². The Morgan fingerprint density at radius 1 is 0.967 bits per heavy atom. The van der Waals surface area contributed by atoms with Crippen LogP contribution in [0.2, 0.25) is 0 Å². The maximum atomic E-state index is 13.4. The van der Waals surface area contributed by atoms with Crippen molar-refractivity contribution in [2.75, 3.05) is 43.0 Å². The molecule has 1 fully saturated rings. The summed E-state index contributed by atoms with van der Waals surface area (Å²) in [7, 11) is 2.13. The third-order valence-electron chi connectivity index (χ3n) is 5.38. The minimum Gasteiger partial charge on any atom is -0.354 e. The van der Waals surface area contributed by atoms with Crippen molar-refractivity contribution in [1.82, 2.24) is 9.88 Å². The van der Waals surface area contributed by atoms with E-state index in [9.17, 15) is 9.18 Å². The van der Waals surface area contributed by atoms with Crippen molar-refractivity contribution < 1.29 is 9.18 Å². The second-order valence-electron chi connectivity index (χ2n) is 7.55. The van der Waals surface area contributed by atoms with E-state index in [1.807, 2.05) is 36.5 Å². The molecule has 0 unspecified atom stereocenters. The fourth-order valence-corrected chi connectivity index (χ4v) is 3.55. The van der Waals surface area contributed by atoms with Gasteiger partial charge in [0, 0.05) is 43.6 Å². The molecule has 2 heterocycles. The van der Waals surface area contributed by atoms with Crippen LogP contribution in [0.1, 0.15) is 15.9 Å². The molecule has 1 amide bonds. The normalized spacial score (nSPS) is 14.5. The van der Waals surface area contributed by atoms with E-state index in [-0.39, 0.29) is 11.7 Å². The molecule has 2 aromatic carbocycles. The third kappa shape index (κ3) is 4.66. The van der Waals surface area contributed by atoms with Gasteiger partial charge in [-0.25, -0.2) is 9.37 Å². The first kappa shape index (κ1) is 20.0. The number of carbonyl (C=O) groups excluding carboxylic acids is 1. The summed E-state index contributed by atoms with van der Waals surface area (Å²) in [5.41, 5.74) is 2.15. The molecule has 0 spiro atoms. The van der Waals surface area contributed by atoms with Crippen molar-refractivity contribution in [3.05, 3.63) is 89.9 Å². The number of halogens is 1. The van der Waals surface area contributed by atoms with E-state index in [2.05, 4.69) is 21.8 Å². The maximum absolute atomic E-state index is 13.4. The molecular formula is C24H25FN4O. The minimum absolute atomic E-state index is 0.134. The van der Waals surface area contributed by atoms with E-state index in [1.165, 1.54) is 12.1 Å². The number of likely N-dealkylation sites (N-methyl/N-ethyl adjacent to an activating group) is 1. The van der Waals surface area contributed by atoms with E-state index in [1.54, 1.807) is 29.2 Å². The summed E-state index contributed by atoms with van der Waals surface area (Å²) in [6, 6.07) is 19.1. The lowest BCUT2D eigenvalue weighted by molar-refractivity contribution is 0.0985. The largest absolute Gasteiger partial charge is 0.354 e. The van der Waals surface area contributed by atoms with Gasteiger partial charge in [-0.05, 0) is 55.1 Å². The molecule has 5 nitrogen and oxygen atoms in total. The Morgan fingerprint density at radius 2 is 1.67 bits per heavy atom. The molecule has 0 atom stereocenters. The van der Waals surface area contributed by atoms with Crippen molar-refractivity contribution in [2.24, 2.45) is 0 Å². The molecule has 0 aliphatic carbocycles. The maximum Gasteiger partial charge on any atom is 0.258 e. The molecule has 0 radical (unpaired) electrons. The Labute approximate surface area is 176 Å². The smallest absolute Gasteiger partial charge is 0.258 e. The van der Waals surface area contributed by atoms with Crippen LogP contribution in [0, 0.1) is 5.82 Å². The fourth-order valence-electron chi connectivity index (χ4n) is 3.55. The Kier molecular flexibility index (Phi) is 6.05. The van der Waals surface area contributed by atoms with Gasteiger partial charge in [0.15, 0.2) is 0 Å². The van der Waals surface area contributed by atoms with Crippen LogP contribution in [0.25, 0.3) is 0 Å². The van der Waals surface area contributed by atoms with E-state index in [4.69, 9.17) is 0 Å². The zero-order chi connectivity index (χ0) is 20.9. The number of rotatable bonds is 5. The van der Waals surface area contributed by atoms with Gasteiger partial charge in [0.05, 0.1) is 6.54 Å². The van der Waals surface area contributed by atoms with E-state index >= 15 is 0 Å². The van der Waals surface area contributed by atoms with E-state index < -0.39 is 0 Å². The molecule has 6 heteroatoms. The van der Waals surface area contributed by atoms with Gasteiger partial charge in [0.25, 0.3) is 5.91 Å². The van der Waals surface area contributed by atoms with Gasteiger partial charge in [-0.15, -0.1) is 0 Å². The fraction of sp³-hybridized carbons (Fsp3) is 0.250. The molecular weight excluding hydrogens is 379 g/mol. The molecule has 1 aliphatic rings. The number of hydrogen-bond acceptors (Lipinski definition) is 4. The van der Waals surface area contributed by atoms with Crippen LogP contribution in [-0.2, 0) is 6.54 Å². The first-order valence-electron chi connectivity index (χ1n) is 10.1. The molecule has 3 aromatic rings. The highest BCUT2D eigenvalue weighted by Crippen LogP contribution is 2.22. The zero-order valence-electron chi connectivity index (χ0n) is 17.0. The number of amides is 1. The van der Waals surface area contributed by atoms with Crippen molar-refractivity contribution in [2.45, 2.75) is 6.54 Å². The summed E-state index contributed by atoms with van der Waals surface area (Å²) < 4.78 is 13.4. The molecule has 154 valence electrons. The van der Waals surface area contributed by atoms with Gasteiger partial charge in [-0.2, -0.15) is 0 Å². The zero-order valence-corrected chi connectivity index (χ0v) is 17.0. The number of nitrogens with zero attached hydrogens (tertiary/aromatic N) is 4. The molecule has 1 aliphatic heterocycles. The van der Waals surface area contributed by atoms with Gasteiger partial charge in [0.2, 0.25) is 0 Å². The SMILES string of the molecule is CN1CCN(c2ccc(CN(C(=O)c3ccccc3)c3ccc(F)cc3)cn2)CC1. The number of pyridine rings is 1. The summed E-state index contributed by atoms with van der Waals surface area (Å²) in [5, 5.41) is 0. The molecule has 1 saturated heterocycles. The monoisotopic (exact) mass is 404 g/mol. The van der Waals surface area contributed by atoms with Crippen LogP contribution in [0.5, 0.6) is 0 Å². The van der Waals surface area contributed by atoms with Gasteiger partial charge in [-0.3, -0.25) is 4.79 Å². The number of piperazine rings is 1. The Morgan fingerprint density at radius 3 is 2.30 bits per heavy atom. The summed E-state index contributed by atoms with van der Waals surface area (Å²) in [6.45, 7) is 4.31. The molecule has 0 N–H and O–H groups in total. The highest BCUT2D eigenvalue weighted by molar-refractivity contribution is 6.05. The topological polar surface area (TPSA) is 39.7 Å². The van der Waals surface area contributed by atoms with Crippen LogP contribution in [0.15, 0.2) is 72.9 Å². The van der Waals surface area contributed by atoms with Crippen LogP contribution in [0.3, 0.4) is 0 Å². The summed E-state index contributed by atoms with van der Waals surface area (Å²) >= 11 is 0. The number of hydrogen-bond donors (Lipinski definition) is 0. The number of anilines is 2. The lowest BCUT2D eigenvalue weighted by atomic mass is 10.1. The Balaban J connectivity index is 1.55. The van der Waals surface area contributed by atoms with E-state index in [0.29, 0.717) is 17.8 Å². The standard InChI is InChI=1S/C24H25FN4O/c1-27-13-15-28(16-14-27)23-12-7-19(17-26-23)18-29(22-10-8-21(25)9-11-22)24(30)20-5-3-2-4-6-20/h2-12,17H,13-16,18H2,1H3. The first-order chi connectivity index (χ1) is 14.6. The average Bonchev–Trinajstić information content (AvgIpc) is 2.79. The van der Waals surface area contributed by atoms with E-state index in [0.717, 1.165) is 37.6 Å². The van der Waals surface area contributed by atoms with Crippen molar-refractivity contribution in [3.63, 3.8) is 0 Å². The lowest BCUT2D eigenvalue weighted by Crippen LogP contribution is -2.44. The first-order valence-corrected chi connectivity index (χ1v) is 10.1. The molecule has 1 aromatic heterocycles. The van der Waals surface area contributed by atoms with Crippen LogP contribution < -0.4 is 9.80 Å². The Bertz CT molecular complexity index is 968.